The minimum absolute atomic E-state index is 0.389. The van der Waals surface area contributed by atoms with Crippen LogP contribution in [0.3, 0.4) is 0 Å². The molecule has 0 rings (SSSR count). The minimum atomic E-state index is -0.845. The zero-order valence-corrected chi connectivity index (χ0v) is 14.0. The molecule has 21 heavy (non-hydrogen) atoms. The highest BCUT2D eigenvalue weighted by atomic mass is 16.4. The molecule has 0 radical (unpaired) electrons. The molecule has 0 aromatic rings. The van der Waals surface area contributed by atoms with Crippen molar-refractivity contribution < 1.29 is 19.8 Å². The highest BCUT2D eigenvalue weighted by Crippen LogP contribution is 2.17. The molecule has 0 saturated heterocycles. The number of hydrogen-bond donors (Lipinski definition) is 2. The minimum Gasteiger partial charge on any atom is -0.478 e. The lowest BCUT2D eigenvalue weighted by Crippen LogP contribution is -2.00. The summed E-state index contributed by atoms with van der Waals surface area (Å²) >= 11 is 0. The van der Waals surface area contributed by atoms with E-state index in [4.69, 9.17) is 10.2 Å². The maximum absolute atomic E-state index is 10.5. The summed E-state index contributed by atoms with van der Waals surface area (Å²) in [5.41, 5.74) is 0.861. The third-order valence-corrected chi connectivity index (χ3v) is 3.41. The first-order chi connectivity index (χ1) is 9.79. The number of hydrogen-bond acceptors (Lipinski definition) is 2. The molecule has 1 atom stereocenters. The lowest BCUT2D eigenvalue weighted by molar-refractivity contribution is -0.133. The van der Waals surface area contributed by atoms with Gasteiger partial charge < -0.3 is 10.2 Å². The van der Waals surface area contributed by atoms with Crippen LogP contribution in [-0.2, 0) is 9.59 Å². The highest BCUT2D eigenvalue weighted by Gasteiger charge is 2.05. The number of allylic oxidation sites excluding steroid dienone is 2. The van der Waals surface area contributed by atoms with Gasteiger partial charge in [0.2, 0.25) is 0 Å². The largest absolute Gasteiger partial charge is 0.478 e. The fourth-order valence-electron chi connectivity index (χ4n) is 1.54. The number of carboxylic acid groups (broad SMARTS) is 2. The van der Waals surface area contributed by atoms with E-state index in [2.05, 4.69) is 13.8 Å². The second-order valence-corrected chi connectivity index (χ2v) is 5.12. The molecule has 0 aromatic carbocycles. The molecule has 2 N–H and O–H groups in total. The zero-order valence-electron chi connectivity index (χ0n) is 14.0. The van der Waals surface area contributed by atoms with E-state index in [1.54, 1.807) is 26.8 Å². The molecular formula is C17H30O4. The van der Waals surface area contributed by atoms with Gasteiger partial charge in [0.25, 0.3) is 0 Å². The number of rotatable bonds is 8. The molecular weight excluding hydrogens is 268 g/mol. The van der Waals surface area contributed by atoms with E-state index in [0.717, 1.165) is 12.8 Å². The van der Waals surface area contributed by atoms with Crippen molar-refractivity contribution in [2.45, 2.75) is 66.7 Å². The van der Waals surface area contributed by atoms with Crippen molar-refractivity contribution in [3.05, 3.63) is 23.3 Å². The molecule has 0 spiro atoms. The van der Waals surface area contributed by atoms with E-state index in [1.165, 1.54) is 19.3 Å². The number of carbonyl (C=O) groups is 2. The fourth-order valence-corrected chi connectivity index (χ4v) is 1.54. The van der Waals surface area contributed by atoms with Crippen molar-refractivity contribution in [1.29, 1.82) is 0 Å². The van der Waals surface area contributed by atoms with Crippen LogP contribution >= 0.6 is 0 Å². The molecule has 0 aliphatic rings. The summed E-state index contributed by atoms with van der Waals surface area (Å²) < 4.78 is 0. The number of carboxylic acids is 2. The Hall–Kier alpha value is -1.58. The molecule has 4 nitrogen and oxygen atoms in total. The van der Waals surface area contributed by atoms with Gasteiger partial charge in [0.05, 0.1) is 0 Å². The summed E-state index contributed by atoms with van der Waals surface area (Å²) in [5.74, 6) is -0.984. The summed E-state index contributed by atoms with van der Waals surface area (Å²) in [7, 11) is 0. The van der Waals surface area contributed by atoms with Gasteiger partial charge in [-0.15, -0.1) is 0 Å². The average molecular weight is 298 g/mol. The fraction of sp³-hybridized carbons (Fsp3) is 0.647. The normalized spacial score (nSPS) is 13.2. The first-order valence-electron chi connectivity index (χ1n) is 7.56. The Balaban J connectivity index is 0. The molecule has 0 aliphatic carbocycles. The van der Waals surface area contributed by atoms with Crippen LogP contribution in [0.1, 0.15) is 66.7 Å². The van der Waals surface area contributed by atoms with E-state index < -0.39 is 11.9 Å². The van der Waals surface area contributed by atoms with Gasteiger partial charge in [-0.25, -0.2) is 9.59 Å². The van der Waals surface area contributed by atoms with Crippen molar-refractivity contribution in [3.8, 4) is 0 Å². The van der Waals surface area contributed by atoms with Crippen LogP contribution in [0, 0.1) is 5.92 Å². The Morgan fingerprint density at radius 1 is 1.05 bits per heavy atom. The Labute approximate surface area is 128 Å². The quantitative estimate of drug-likeness (QED) is 0.639. The summed E-state index contributed by atoms with van der Waals surface area (Å²) in [6.45, 7) is 9.27. The van der Waals surface area contributed by atoms with Gasteiger partial charge >= 0.3 is 11.9 Å². The Morgan fingerprint density at radius 3 is 1.86 bits per heavy atom. The number of unbranched alkanes of at least 4 members (excludes halogenated alkanes) is 1. The highest BCUT2D eigenvalue weighted by molar-refractivity contribution is 5.86. The van der Waals surface area contributed by atoms with Gasteiger partial charge in [-0.1, -0.05) is 51.7 Å². The first-order valence-corrected chi connectivity index (χ1v) is 7.56. The van der Waals surface area contributed by atoms with E-state index in [1.807, 2.05) is 6.08 Å². The van der Waals surface area contributed by atoms with Crippen LogP contribution in [0.5, 0.6) is 0 Å². The van der Waals surface area contributed by atoms with E-state index in [0.29, 0.717) is 17.1 Å². The van der Waals surface area contributed by atoms with Crippen molar-refractivity contribution in [1.82, 2.24) is 0 Å². The SMILES string of the molecule is C/C=C(\C)C(=O)O.CCCCC(CC)C/C=C(\C)C(=O)O. The second kappa shape index (κ2) is 13.4. The summed E-state index contributed by atoms with van der Waals surface area (Å²) in [6.07, 6.45) is 9.15. The third kappa shape index (κ3) is 13.2. The van der Waals surface area contributed by atoms with Crippen LogP contribution in [0.4, 0.5) is 0 Å². The predicted octanol–water partition coefficient (Wildman–Crippen LogP) is 4.66. The second-order valence-electron chi connectivity index (χ2n) is 5.12. The van der Waals surface area contributed by atoms with Crippen molar-refractivity contribution in [3.63, 3.8) is 0 Å². The van der Waals surface area contributed by atoms with Crippen molar-refractivity contribution in [2.24, 2.45) is 5.92 Å². The van der Waals surface area contributed by atoms with Crippen LogP contribution in [0.2, 0.25) is 0 Å². The molecule has 0 aliphatic heterocycles. The average Bonchev–Trinajstić information content (AvgIpc) is 2.46. The molecule has 0 aromatic heterocycles. The Morgan fingerprint density at radius 2 is 1.57 bits per heavy atom. The molecule has 1 unspecified atom stereocenters. The third-order valence-electron chi connectivity index (χ3n) is 3.41. The van der Waals surface area contributed by atoms with E-state index in [-0.39, 0.29) is 0 Å². The zero-order chi connectivity index (χ0) is 16.8. The van der Waals surface area contributed by atoms with Crippen molar-refractivity contribution >= 4 is 11.9 Å². The molecule has 0 bridgehead atoms. The summed E-state index contributed by atoms with van der Waals surface area (Å²) in [6, 6.07) is 0. The van der Waals surface area contributed by atoms with Crippen LogP contribution < -0.4 is 0 Å². The molecule has 0 heterocycles. The van der Waals surface area contributed by atoms with Crippen LogP contribution in [-0.4, -0.2) is 22.2 Å². The van der Waals surface area contributed by atoms with Gasteiger partial charge in [0.1, 0.15) is 0 Å². The summed E-state index contributed by atoms with van der Waals surface area (Å²) in [5, 5.41) is 16.8. The molecule has 0 fully saturated rings. The predicted molar refractivity (Wildman–Crippen MR) is 86.4 cm³/mol. The molecule has 0 amide bonds. The Kier molecular flexibility index (Phi) is 13.9. The lowest BCUT2D eigenvalue weighted by atomic mass is 9.95. The van der Waals surface area contributed by atoms with E-state index >= 15 is 0 Å². The molecule has 122 valence electrons. The molecule has 0 saturated carbocycles. The van der Waals surface area contributed by atoms with Crippen molar-refractivity contribution in [2.75, 3.05) is 0 Å². The lowest BCUT2D eigenvalue weighted by Gasteiger charge is -2.11. The van der Waals surface area contributed by atoms with Gasteiger partial charge in [-0.05, 0) is 33.1 Å². The van der Waals surface area contributed by atoms with Gasteiger partial charge in [-0.3, -0.25) is 0 Å². The van der Waals surface area contributed by atoms with E-state index in [9.17, 15) is 9.59 Å². The molecule has 4 heteroatoms. The smallest absolute Gasteiger partial charge is 0.330 e. The first kappa shape index (κ1) is 21.7. The standard InChI is InChI=1S/C12H22O2.C5H8O2/c1-4-6-7-11(5-2)9-8-10(3)12(13)14;1-3-4(2)5(6)7/h8,11H,4-7,9H2,1-3H3,(H,13,14);3H,1-2H3,(H,6,7)/b10-8+;4-3+. The maximum atomic E-state index is 10.5. The number of aliphatic carboxylic acids is 2. The monoisotopic (exact) mass is 298 g/mol. The Bertz CT molecular complexity index is 367. The van der Waals surface area contributed by atoms with Crippen LogP contribution in [0.25, 0.3) is 0 Å². The van der Waals surface area contributed by atoms with Crippen LogP contribution in [0.15, 0.2) is 23.3 Å². The topological polar surface area (TPSA) is 74.6 Å². The van der Waals surface area contributed by atoms with Gasteiger partial charge in [-0.2, -0.15) is 0 Å². The van der Waals surface area contributed by atoms with Gasteiger partial charge in [0.15, 0.2) is 0 Å². The van der Waals surface area contributed by atoms with Gasteiger partial charge in [0, 0.05) is 11.1 Å². The summed E-state index contributed by atoms with van der Waals surface area (Å²) in [4.78, 5) is 20.4. The maximum Gasteiger partial charge on any atom is 0.330 e.